The standard InChI is InChI=1S/C18H25N5O4S2/c1-3-6-21-11-12-22(18(21)28)14-19-7-9-20(10-8-19)16-5-4-15(29(2,26)27)13-17(16)23(24)25/h4-5,11-13H,3,6-10,14H2,1-2H3. The van der Waals surface area contributed by atoms with E-state index in [2.05, 4.69) is 16.4 Å². The number of imidazole rings is 1. The highest BCUT2D eigenvalue weighted by molar-refractivity contribution is 7.90. The van der Waals surface area contributed by atoms with Crippen LogP contribution in [0.4, 0.5) is 11.4 Å². The fourth-order valence-electron chi connectivity index (χ4n) is 3.47. The van der Waals surface area contributed by atoms with Gasteiger partial charge in [0.1, 0.15) is 5.69 Å². The maximum Gasteiger partial charge on any atom is 0.293 e. The van der Waals surface area contributed by atoms with Crippen molar-refractivity contribution in [3.63, 3.8) is 0 Å². The van der Waals surface area contributed by atoms with Gasteiger partial charge in [-0.3, -0.25) is 15.0 Å². The van der Waals surface area contributed by atoms with Crippen LogP contribution in [0.3, 0.4) is 0 Å². The zero-order valence-electron chi connectivity index (χ0n) is 16.5. The molecule has 0 spiro atoms. The number of piperazine rings is 1. The zero-order chi connectivity index (χ0) is 21.2. The number of nitro groups is 1. The summed E-state index contributed by atoms with van der Waals surface area (Å²) >= 11 is 5.51. The molecule has 158 valence electrons. The van der Waals surface area contributed by atoms with Crippen LogP contribution in [-0.4, -0.2) is 59.8 Å². The molecule has 0 aliphatic carbocycles. The van der Waals surface area contributed by atoms with Crippen LogP contribution in [0.15, 0.2) is 35.5 Å². The predicted octanol–water partition coefficient (Wildman–Crippen LogP) is 2.52. The molecule has 0 unspecified atom stereocenters. The fraction of sp³-hybridized carbons (Fsp3) is 0.500. The number of sulfone groups is 1. The van der Waals surface area contributed by atoms with Gasteiger partial charge in [0, 0.05) is 57.4 Å². The quantitative estimate of drug-likeness (QED) is 0.372. The molecule has 2 heterocycles. The molecule has 0 saturated carbocycles. The van der Waals surface area contributed by atoms with Gasteiger partial charge in [0.25, 0.3) is 5.69 Å². The molecule has 1 saturated heterocycles. The van der Waals surface area contributed by atoms with Gasteiger partial charge in [-0.1, -0.05) is 6.92 Å². The van der Waals surface area contributed by atoms with Gasteiger partial charge in [-0.15, -0.1) is 0 Å². The molecule has 1 aromatic carbocycles. The number of anilines is 1. The van der Waals surface area contributed by atoms with E-state index >= 15 is 0 Å². The zero-order valence-corrected chi connectivity index (χ0v) is 18.2. The second kappa shape index (κ2) is 8.64. The van der Waals surface area contributed by atoms with Crippen LogP contribution in [0.2, 0.25) is 0 Å². The summed E-state index contributed by atoms with van der Waals surface area (Å²) in [5.74, 6) is 0. The molecular weight excluding hydrogens is 414 g/mol. The first-order chi connectivity index (χ1) is 13.7. The van der Waals surface area contributed by atoms with Crippen molar-refractivity contribution in [3.05, 3.63) is 45.5 Å². The number of aryl methyl sites for hydroxylation is 1. The maximum absolute atomic E-state index is 11.7. The van der Waals surface area contributed by atoms with Crippen LogP contribution in [-0.2, 0) is 23.1 Å². The largest absolute Gasteiger partial charge is 0.363 e. The lowest BCUT2D eigenvalue weighted by molar-refractivity contribution is -0.384. The SMILES string of the molecule is CCCn1ccn(CN2CCN(c3ccc(S(C)(=O)=O)cc3[N+](=O)[O-])CC2)c1=S. The van der Waals surface area contributed by atoms with E-state index in [1.165, 1.54) is 12.1 Å². The lowest BCUT2D eigenvalue weighted by atomic mass is 10.2. The third kappa shape index (κ3) is 4.85. The first kappa shape index (κ1) is 21.5. The van der Waals surface area contributed by atoms with Crippen molar-refractivity contribution in [2.24, 2.45) is 0 Å². The van der Waals surface area contributed by atoms with Crippen molar-refractivity contribution in [1.82, 2.24) is 14.0 Å². The summed E-state index contributed by atoms with van der Waals surface area (Å²) in [6, 6.07) is 4.11. The number of aromatic nitrogens is 2. The Balaban J connectivity index is 1.71. The van der Waals surface area contributed by atoms with Crippen LogP contribution in [0.5, 0.6) is 0 Å². The Bertz CT molecular complexity index is 1050. The molecule has 2 aromatic rings. The fourth-order valence-corrected chi connectivity index (χ4v) is 4.38. The summed E-state index contributed by atoms with van der Waals surface area (Å²) in [4.78, 5) is 15.1. The van der Waals surface area contributed by atoms with Crippen LogP contribution in [0, 0.1) is 14.9 Å². The molecule has 1 aliphatic heterocycles. The highest BCUT2D eigenvalue weighted by atomic mass is 32.2. The van der Waals surface area contributed by atoms with Gasteiger partial charge in [-0.25, -0.2) is 8.42 Å². The summed E-state index contributed by atoms with van der Waals surface area (Å²) in [6.45, 7) is 6.37. The van der Waals surface area contributed by atoms with Gasteiger partial charge in [-0.05, 0) is 30.8 Å². The smallest absolute Gasteiger partial charge is 0.293 e. The van der Waals surface area contributed by atoms with E-state index in [9.17, 15) is 18.5 Å². The first-order valence-corrected chi connectivity index (χ1v) is 11.7. The lowest BCUT2D eigenvalue weighted by Gasteiger charge is -2.35. The molecule has 3 rings (SSSR count). The number of nitro benzene ring substituents is 1. The molecule has 0 atom stereocenters. The van der Waals surface area contributed by atoms with Gasteiger partial charge >= 0.3 is 0 Å². The molecule has 0 bridgehead atoms. The third-order valence-corrected chi connectivity index (χ3v) is 6.60. The summed E-state index contributed by atoms with van der Waals surface area (Å²) in [7, 11) is -3.50. The molecule has 9 nitrogen and oxygen atoms in total. The van der Waals surface area contributed by atoms with Crippen molar-refractivity contribution < 1.29 is 13.3 Å². The normalized spacial score (nSPS) is 15.6. The Labute approximate surface area is 175 Å². The monoisotopic (exact) mass is 439 g/mol. The Kier molecular flexibility index (Phi) is 6.39. The minimum absolute atomic E-state index is 0.0439. The van der Waals surface area contributed by atoms with Crippen LogP contribution in [0.25, 0.3) is 0 Å². The number of nitrogens with zero attached hydrogens (tertiary/aromatic N) is 5. The maximum atomic E-state index is 11.7. The molecule has 29 heavy (non-hydrogen) atoms. The Hall–Kier alpha value is -2.24. The summed E-state index contributed by atoms with van der Waals surface area (Å²) in [5, 5.41) is 11.5. The molecule has 11 heteroatoms. The van der Waals surface area contributed by atoms with E-state index in [0.29, 0.717) is 25.4 Å². The van der Waals surface area contributed by atoms with Gasteiger partial charge in [0.05, 0.1) is 16.5 Å². The Morgan fingerprint density at radius 2 is 1.79 bits per heavy atom. The van der Waals surface area contributed by atoms with E-state index in [4.69, 9.17) is 12.2 Å². The molecule has 1 aromatic heterocycles. The minimum atomic E-state index is -3.50. The number of hydrogen-bond donors (Lipinski definition) is 0. The summed E-state index contributed by atoms with van der Waals surface area (Å²) in [5.41, 5.74) is 0.271. The average molecular weight is 440 g/mol. The average Bonchev–Trinajstić information content (AvgIpc) is 3.01. The second-order valence-corrected chi connectivity index (χ2v) is 9.55. The first-order valence-electron chi connectivity index (χ1n) is 9.42. The highest BCUT2D eigenvalue weighted by Crippen LogP contribution is 2.31. The van der Waals surface area contributed by atoms with E-state index in [-0.39, 0.29) is 10.6 Å². The topological polar surface area (TPSA) is 93.6 Å². The van der Waals surface area contributed by atoms with Crippen LogP contribution >= 0.6 is 12.2 Å². The van der Waals surface area contributed by atoms with Crippen LogP contribution in [0.1, 0.15) is 13.3 Å². The second-order valence-electron chi connectivity index (χ2n) is 7.17. The lowest BCUT2D eigenvalue weighted by Crippen LogP contribution is -2.47. The van der Waals surface area contributed by atoms with Gasteiger partial charge in [0.2, 0.25) is 0 Å². The van der Waals surface area contributed by atoms with E-state index < -0.39 is 14.8 Å². The van der Waals surface area contributed by atoms with Crippen LogP contribution < -0.4 is 4.90 Å². The number of hydrogen-bond acceptors (Lipinski definition) is 7. The van der Waals surface area contributed by atoms with Crippen molar-refractivity contribution in [2.75, 3.05) is 37.3 Å². The van der Waals surface area contributed by atoms with Crippen molar-refractivity contribution >= 4 is 33.4 Å². The summed E-state index contributed by atoms with van der Waals surface area (Å²) < 4.78 is 28.3. The van der Waals surface area contributed by atoms with Gasteiger partial charge < -0.3 is 14.0 Å². The summed E-state index contributed by atoms with van der Waals surface area (Å²) in [6.07, 6.45) is 6.05. The molecular formula is C18H25N5O4S2. The predicted molar refractivity (Wildman–Crippen MR) is 114 cm³/mol. The third-order valence-electron chi connectivity index (χ3n) is 5.02. The molecule has 1 fully saturated rings. The van der Waals surface area contributed by atoms with Gasteiger partial charge in [0.15, 0.2) is 14.6 Å². The molecule has 0 amide bonds. The molecule has 0 radical (unpaired) electrons. The van der Waals surface area contributed by atoms with E-state index in [1.807, 2.05) is 21.9 Å². The number of benzene rings is 1. The molecule has 0 N–H and O–H groups in total. The highest BCUT2D eigenvalue weighted by Gasteiger charge is 2.25. The Morgan fingerprint density at radius 1 is 1.14 bits per heavy atom. The Morgan fingerprint density at radius 3 is 2.38 bits per heavy atom. The van der Waals surface area contributed by atoms with Crippen molar-refractivity contribution in [2.45, 2.75) is 31.5 Å². The number of rotatable bonds is 7. The minimum Gasteiger partial charge on any atom is -0.363 e. The van der Waals surface area contributed by atoms with E-state index in [1.54, 1.807) is 0 Å². The molecule has 1 aliphatic rings. The van der Waals surface area contributed by atoms with Gasteiger partial charge in [-0.2, -0.15) is 0 Å². The van der Waals surface area contributed by atoms with Crippen molar-refractivity contribution in [1.29, 1.82) is 0 Å². The van der Waals surface area contributed by atoms with Crippen molar-refractivity contribution in [3.8, 4) is 0 Å². The van der Waals surface area contributed by atoms with E-state index in [0.717, 1.165) is 43.1 Å².